The predicted molar refractivity (Wildman–Crippen MR) is 111 cm³/mol. The Bertz CT molecular complexity index is 1180. The Morgan fingerprint density at radius 1 is 1.09 bits per heavy atom. The molecule has 1 aromatic carbocycles. The number of sulfonamides is 1. The van der Waals surface area contributed by atoms with Crippen LogP contribution in [-0.4, -0.2) is 60.5 Å². The number of ketones is 1. The van der Waals surface area contributed by atoms with Gasteiger partial charge in [-0.2, -0.15) is 17.5 Å². The first-order chi connectivity index (χ1) is 14.7. The minimum Gasteiger partial charge on any atom is -0.354 e. The maximum Gasteiger partial charge on any atom is 0.417 e. The van der Waals surface area contributed by atoms with Crippen LogP contribution in [0.15, 0.2) is 23.1 Å². The highest BCUT2D eigenvalue weighted by molar-refractivity contribution is 7.89. The van der Waals surface area contributed by atoms with Gasteiger partial charge in [-0.1, -0.05) is 11.6 Å². The first-order valence-electron chi connectivity index (χ1n) is 9.61. The smallest absolute Gasteiger partial charge is 0.354 e. The van der Waals surface area contributed by atoms with E-state index in [0.29, 0.717) is 22.9 Å². The molecule has 3 rings (SSSR count). The van der Waals surface area contributed by atoms with Crippen LogP contribution in [0.1, 0.15) is 44.6 Å². The number of halogens is 4. The Kier molecular flexibility index (Phi) is 6.47. The van der Waals surface area contributed by atoms with Crippen LogP contribution < -0.4 is 0 Å². The van der Waals surface area contributed by atoms with Crippen LogP contribution in [0.5, 0.6) is 0 Å². The molecule has 1 aliphatic heterocycles. The van der Waals surface area contributed by atoms with Gasteiger partial charge >= 0.3 is 6.18 Å². The third-order valence-electron chi connectivity index (χ3n) is 5.41. The number of Topliss-reactive ketones (excluding diaryl/α,β-unsaturated/α-hetero) is 1. The highest BCUT2D eigenvalue weighted by atomic mass is 35.5. The minimum atomic E-state index is -4.79. The predicted octanol–water partition coefficient (Wildman–Crippen LogP) is 3.65. The molecule has 0 spiro atoms. The summed E-state index contributed by atoms with van der Waals surface area (Å²) in [6, 6.07) is 2.45. The zero-order valence-corrected chi connectivity index (χ0v) is 19.1. The van der Waals surface area contributed by atoms with E-state index in [0.717, 1.165) is 16.4 Å². The Morgan fingerprint density at radius 3 is 2.19 bits per heavy atom. The number of rotatable bonds is 4. The molecule has 32 heavy (non-hydrogen) atoms. The average Bonchev–Trinajstić information content (AvgIpc) is 3.01. The largest absolute Gasteiger partial charge is 0.417 e. The summed E-state index contributed by atoms with van der Waals surface area (Å²) in [6.07, 6.45) is -4.79. The number of hydrogen-bond acceptors (Lipinski definition) is 4. The molecule has 0 saturated carbocycles. The summed E-state index contributed by atoms with van der Waals surface area (Å²) < 4.78 is 66.1. The monoisotopic (exact) mass is 491 g/mol. The number of aromatic nitrogens is 1. The van der Waals surface area contributed by atoms with Crippen molar-refractivity contribution in [3.8, 4) is 0 Å². The number of nitrogens with one attached hydrogen (secondary N) is 1. The molecule has 1 amide bonds. The molecule has 7 nitrogen and oxygen atoms in total. The van der Waals surface area contributed by atoms with Crippen molar-refractivity contribution in [2.45, 2.75) is 31.8 Å². The molecule has 0 bridgehead atoms. The summed E-state index contributed by atoms with van der Waals surface area (Å²) in [5, 5.41) is -0.589. The van der Waals surface area contributed by atoms with Gasteiger partial charge in [0.05, 0.1) is 15.5 Å². The molecular formula is C20H21ClF3N3O4S. The number of alkyl halides is 3. The van der Waals surface area contributed by atoms with Crippen LogP contribution in [0.3, 0.4) is 0 Å². The zero-order valence-electron chi connectivity index (χ0n) is 17.5. The first-order valence-corrected chi connectivity index (χ1v) is 11.4. The highest BCUT2D eigenvalue weighted by Crippen LogP contribution is 2.36. The molecule has 0 radical (unpaired) electrons. The number of carbonyl (C=O) groups is 2. The van der Waals surface area contributed by atoms with Gasteiger partial charge in [0.2, 0.25) is 10.0 Å². The van der Waals surface area contributed by atoms with Gasteiger partial charge in [0.25, 0.3) is 5.91 Å². The summed E-state index contributed by atoms with van der Waals surface area (Å²) in [7, 11) is -4.21. The minimum absolute atomic E-state index is 0.0463. The molecule has 0 atom stereocenters. The molecule has 1 aromatic heterocycles. The number of hydrogen-bond donors (Lipinski definition) is 1. The lowest BCUT2D eigenvalue weighted by Crippen LogP contribution is -2.50. The van der Waals surface area contributed by atoms with E-state index in [4.69, 9.17) is 11.6 Å². The number of nitrogens with zero attached hydrogens (tertiary/aromatic N) is 2. The van der Waals surface area contributed by atoms with Crippen LogP contribution >= 0.6 is 11.6 Å². The van der Waals surface area contributed by atoms with Crippen LogP contribution in [0.2, 0.25) is 5.02 Å². The van der Waals surface area contributed by atoms with E-state index in [9.17, 15) is 31.2 Å². The first kappa shape index (κ1) is 24.3. The highest BCUT2D eigenvalue weighted by Gasteiger charge is 2.37. The number of carbonyl (C=O) groups excluding carboxylic acids is 2. The lowest BCUT2D eigenvalue weighted by atomic mass is 10.1. The Hall–Kier alpha value is -2.37. The summed E-state index contributed by atoms with van der Waals surface area (Å²) in [5.74, 6) is -0.548. The maximum absolute atomic E-state index is 13.1. The molecule has 1 aliphatic rings. The topological polar surface area (TPSA) is 90.6 Å². The van der Waals surface area contributed by atoms with Crippen LogP contribution in [0.4, 0.5) is 13.2 Å². The fourth-order valence-electron chi connectivity index (χ4n) is 3.81. The van der Waals surface area contributed by atoms with Crippen molar-refractivity contribution in [1.82, 2.24) is 14.2 Å². The fourth-order valence-corrected chi connectivity index (χ4v) is 5.49. The van der Waals surface area contributed by atoms with Crippen LogP contribution in [0.25, 0.3) is 0 Å². The van der Waals surface area contributed by atoms with E-state index >= 15 is 0 Å². The van der Waals surface area contributed by atoms with Gasteiger partial charge in [-0.25, -0.2) is 8.42 Å². The van der Waals surface area contributed by atoms with Crippen molar-refractivity contribution in [3.05, 3.63) is 51.3 Å². The van der Waals surface area contributed by atoms with E-state index in [2.05, 4.69) is 4.98 Å². The molecule has 12 heteroatoms. The normalized spacial score (nSPS) is 15.8. The molecule has 174 valence electrons. The molecular weight excluding hydrogens is 471 g/mol. The number of benzene rings is 1. The third kappa shape index (κ3) is 4.41. The number of piperazine rings is 1. The summed E-state index contributed by atoms with van der Waals surface area (Å²) in [6.45, 7) is 4.67. The Balaban J connectivity index is 1.78. The quantitative estimate of drug-likeness (QED) is 0.661. The van der Waals surface area contributed by atoms with E-state index in [1.54, 1.807) is 13.8 Å². The molecule has 2 aromatic rings. The van der Waals surface area contributed by atoms with Crippen LogP contribution in [0, 0.1) is 13.8 Å². The fraction of sp³-hybridized carbons (Fsp3) is 0.400. The molecule has 1 saturated heterocycles. The van der Waals surface area contributed by atoms with Gasteiger partial charge in [-0.05, 0) is 44.5 Å². The molecule has 0 unspecified atom stereocenters. The average molecular weight is 492 g/mol. The number of H-pyrrole nitrogens is 1. The van der Waals surface area contributed by atoms with Crippen molar-refractivity contribution in [3.63, 3.8) is 0 Å². The van der Waals surface area contributed by atoms with Gasteiger partial charge in [0, 0.05) is 37.4 Å². The lowest BCUT2D eigenvalue weighted by Gasteiger charge is -2.34. The Morgan fingerprint density at radius 2 is 1.69 bits per heavy atom. The van der Waals surface area contributed by atoms with Crippen molar-refractivity contribution in [1.29, 1.82) is 0 Å². The van der Waals surface area contributed by atoms with E-state index in [1.807, 2.05) is 0 Å². The van der Waals surface area contributed by atoms with Crippen molar-refractivity contribution >= 4 is 33.3 Å². The second kappa shape index (κ2) is 8.53. The van der Waals surface area contributed by atoms with Gasteiger partial charge in [0.1, 0.15) is 5.69 Å². The molecule has 1 fully saturated rings. The van der Waals surface area contributed by atoms with Gasteiger partial charge in [-0.15, -0.1) is 0 Å². The SMILES string of the molecule is CC(=O)c1c(C)[nH]c(C(=O)N2CCN(S(=O)(=O)c3ccc(Cl)c(C(F)(F)F)c3)CC2)c1C. The van der Waals surface area contributed by atoms with E-state index < -0.39 is 31.7 Å². The van der Waals surface area contributed by atoms with Crippen molar-refractivity contribution < 1.29 is 31.2 Å². The van der Waals surface area contributed by atoms with Gasteiger partial charge in [-0.3, -0.25) is 9.59 Å². The number of amides is 1. The maximum atomic E-state index is 13.1. The van der Waals surface area contributed by atoms with Gasteiger partial charge < -0.3 is 9.88 Å². The van der Waals surface area contributed by atoms with Crippen LogP contribution in [-0.2, 0) is 16.2 Å². The van der Waals surface area contributed by atoms with Gasteiger partial charge in [0.15, 0.2) is 5.78 Å². The number of aromatic amines is 1. The number of aryl methyl sites for hydroxylation is 1. The summed E-state index contributed by atoms with van der Waals surface area (Å²) in [5.41, 5.74) is 0.570. The standard InChI is InChI=1S/C20H21ClF3N3O4S/c1-11-17(13(3)28)12(2)25-18(11)19(29)26-6-8-27(9-7-26)32(30,31)14-4-5-16(21)15(10-14)20(22,23)24/h4-5,10,25H,6-9H2,1-3H3. The molecule has 1 N–H and O–H groups in total. The third-order valence-corrected chi connectivity index (χ3v) is 7.63. The summed E-state index contributed by atoms with van der Waals surface area (Å²) in [4.78, 5) is 28.5. The summed E-state index contributed by atoms with van der Waals surface area (Å²) >= 11 is 5.58. The molecule has 0 aliphatic carbocycles. The zero-order chi connectivity index (χ0) is 24.0. The van der Waals surface area contributed by atoms with E-state index in [1.165, 1.54) is 11.8 Å². The molecule has 2 heterocycles. The van der Waals surface area contributed by atoms with Crippen molar-refractivity contribution in [2.24, 2.45) is 0 Å². The second-order valence-electron chi connectivity index (χ2n) is 7.52. The second-order valence-corrected chi connectivity index (χ2v) is 9.86. The van der Waals surface area contributed by atoms with Crippen molar-refractivity contribution in [2.75, 3.05) is 26.2 Å². The Labute approximate surface area is 188 Å². The van der Waals surface area contributed by atoms with E-state index in [-0.39, 0.29) is 43.6 Å². The lowest BCUT2D eigenvalue weighted by molar-refractivity contribution is -0.137.